The van der Waals surface area contributed by atoms with Gasteiger partial charge in [-0.15, -0.1) is 0 Å². The predicted octanol–water partition coefficient (Wildman–Crippen LogP) is 3.32. The van der Waals surface area contributed by atoms with Crippen molar-refractivity contribution < 1.29 is 0 Å². The lowest BCUT2D eigenvalue weighted by atomic mass is 10.1. The molecule has 84 valence electrons. The Labute approximate surface area is 96.6 Å². The maximum atomic E-state index is 6.01. The van der Waals surface area contributed by atoms with Gasteiger partial charge in [0.15, 0.2) is 0 Å². The summed E-state index contributed by atoms with van der Waals surface area (Å²) in [5.41, 5.74) is 1.09. The normalized spacial score (nSPS) is 10.6. The minimum Gasteiger partial charge on any atom is -0.311 e. The van der Waals surface area contributed by atoms with E-state index in [2.05, 4.69) is 49.4 Å². The van der Waals surface area contributed by atoms with Crippen molar-refractivity contribution in [3.63, 3.8) is 0 Å². The first-order valence-corrected chi connectivity index (χ1v) is 5.82. The summed E-state index contributed by atoms with van der Waals surface area (Å²) in [6.07, 6.45) is 2.30. The van der Waals surface area contributed by atoms with Crippen LogP contribution >= 0.6 is 0 Å². The standard InChI is InChI=1S/C14H18N2/c1-2-3-10-16(15)14-9-8-12-6-4-5-7-13(12)11-14/h4-9,11H,2-3,10,15H2,1H3. The zero-order chi connectivity index (χ0) is 11.4. The van der Waals surface area contributed by atoms with Crippen LogP contribution in [0.4, 0.5) is 5.69 Å². The monoisotopic (exact) mass is 214 g/mol. The number of hydrazine groups is 1. The number of hydrogen-bond acceptors (Lipinski definition) is 2. The predicted molar refractivity (Wildman–Crippen MR) is 70.4 cm³/mol. The van der Waals surface area contributed by atoms with Gasteiger partial charge in [-0.1, -0.05) is 43.7 Å². The molecule has 2 N–H and O–H groups in total. The van der Waals surface area contributed by atoms with E-state index in [1.165, 1.54) is 17.2 Å². The van der Waals surface area contributed by atoms with Gasteiger partial charge >= 0.3 is 0 Å². The second kappa shape index (κ2) is 4.99. The molecular formula is C14H18N2. The summed E-state index contributed by atoms with van der Waals surface area (Å²) in [7, 11) is 0. The fourth-order valence-electron chi connectivity index (χ4n) is 1.81. The topological polar surface area (TPSA) is 29.3 Å². The number of unbranched alkanes of at least 4 members (excludes halogenated alkanes) is 1. The third-order valence-electron chi connectivity index (χ3n) is 2.82. The first-order valence-electron chi connectivity index (χ1n) is 5.82. The van der Waals surface area contributed by atoms with Gasteiger partial charge in [-0.2, -0.15) is 0 Å². The highest BCUT2D eigenvalue weighted by Gasteiger charge is 2.01. The Balaban J connectivity index is 2.25. The number of hydrogen-bond donors (Lipinski definition) is 1. The highest BCUT2D eigenvalue weighted by Crippen LogP contribution is 2.20. The highest BCUT2D eigenvalue weighted by molar-refractivity contribution is 5.85. The molecule has 0 heterocycles. The molecule has 0 aliphatic carbocycles. The summed E-state index contributed by atoms with van der Waals surface area (Å²) in [5.74, 6) is 6.01. The Kier molecular flexibility index (Phi) is 3.42. The van der Waals surface area contributed by atoms with Crippen molar-refractivity contribution in [1.82, 2.24) is 0 Å². The molecule has 0 radical (unpaired) electrons. The van der Waals surface area contributed by atoms with Crippen LogP contribution in [0.5, 0.6) is 0 Å². The zero-order valence-corrected chi connectivity index (χ0v) is 9.69. The van der Waals surface area contributed by atoms with Gasteiger partial charge in [0.1, 0.15) is 0 Å². The smallest absolute Gasteiger partial charge is 0.0523 e. The molecule has 0 bridgehead atoms. The molecule has 0 saturated carbocycles. The molecule has 0 amide bonds. The average molecular weight is 214 g/mol. The largest absolute Gasteiger partial charge is 0.311 e. The summed E-state index contributed by atoms with van der Waals surface area (Å²) >= 11 is 0. The van der Waals surface area contributed by atoms with Crippen LogP contribution in [-0.2, 0) is 0 Å². The van der Waals surface area contributed by atoms with E-state index in [0.717, 1.165) is 18.7 Å². The molecule has 2 nitrogen and oxygen atoms in total. The summed E-state index contributed by atoms with van der Waals surface area (Å²) in [5, 5.41) is 4.33. The Morgan fingerprint density at radius 3 is 2.56 bits per heavy atom. The fraction of sp³-hybridized carbons (Fsp3) is 0.286. The Bertz CT molecular complexity index is 465. The first-order chi connectivity index (χ1) is 7.81. The van der Waals surface area contributed by atoms with E-state index in [4.69, 9.17) is 5.84 Å². The highest BCUT2D eigenvalue weighted by atomic mass is 15.4. The summed E-state index contributed by atoms with van der Waals surface area (Å²) in [6, 6.07) is 14.7. The number of nitrogens with zero attached hydrogens (tertiary/aromatic N) is 1. The minimum absolute atomic E-state index is 0.912. The molecule has 0 aliphatic rings. The molecule has 2 heteroatoms. The SMILES string of the molecule is CCCCN(N)c1ccc2ccccc2c1. The lowest BCUT2D eigenvalue weighted by molar-refractivity contribution is 0.739. The molecule has 0 aromatic heterocycles. The second-order valence-electron chi connectivity index (χ2n) is 4.08. The number of fused-ring (bicyclic) bond motifs is 1. The summed E-state index contributed by atoms with van der Waals surface area (Å²) in [4.78, 5) is 0. The third kappa shape index (κ3) is 2.34. The van der Waals surface area contributed by atoms with Gasteiger partial charge in [0, 0.05) is 6.54 Å². The van der Waals surface area contributed by atoms with Gasteiger partial charge in [0.05, 0.1) is 5.69 Å². The number of nitrogens with two attached hydrogens (primary N) is 1. The third-order valence-corrected chi connectivity index (χ3v) is 2.82. The molecule has 2 aromatic rings. The van der Waals surface area contributed by atoms with E-state index < -0.39 is 0 Å². The molecule has 0 unspecified atom stereocenters. The molecule has 0 saturated heterocycles. The van der Waals surface area contributed by atoms with Gasteiger partial charge in [0.25, 0.3) is 0 Å². The molecule has 16 heavy (non-hydrogen) atoms. The van der Waals surface area contributed by atoms with E-state index in [0.29, 0.717) is 0 Å². The molecular weight excluding hydrogens is 196 g/mol. The molecule has 2 aromatic carbocycles. The van der Waals surface area contributed by atoms with E-state index in [1.807, 2.05) is 5.01 Å². The van der Waals surface area contributed by atoms with E-state index in [9.17, 15) is 0 Å². The molecule has 0 fully saturated rings. The van der Waals surface area contributed by atoms with Crippen molar-refractivity contribution >= 4 is 16.5 Å². The maximum Gasteiger partial charge on any atom is 0.0523 e. The molecule has 2 rings (SSSR count). The van der Waals surface area contributed by atoms with Gasteiger partial charge in [-0.25, -0.2) is 5.84 Å². The van der Waals surface area contributed by atoms with E-state index >= 15 is 0 Å². The maximum absolute atomic E-state index is 6.01. The zero-order valence-electron chi connectivity index (χ0n) is 9.69. The van der Waals surface area contributed by atoms with Crippen molar-refractivity contribution in [1.29, 1.82) is 0 Å². The first kappa shape index (κ1) is 11.0. The van der Waals surface area contributed by atoms with Crippen molar-refractivity contribution in [2.45, 2.75) is 19.8 Å². The van der Waals surface area contributed by atoms with Crippen molar-refractivity contribution in [3.05, 3.63) is 42.5 Å². The van der Waals surface area contributed by atoms with E-state index in [1.54, 1.807) is 0 Å². The van der Waals surface area contributed by atoms with Crippen LogP contribution < -0.4 is 10.9 Å². The van der Waals surface area contributed by atoms with Crippen molar-refractivity contribution in [2.24, 2.45) is 5.84 Å². The Morgan fingerprint density at radius 1 is 1.06 bits per heavy atom. The van der Waals surface area contributed by atoms with Crippen LogP contribution in [0.25, 0.3) is 10.8 Å². The summed E-state index contributed by atoms with van der Waals surface area (Å²) < 4.78 is 0. The van der Waals surface area contributed by atoms with Crippen LogP contribution in [0.1, 0.15) is 19.8 Å². The van der Waals surface area contributed by atoms with Crippen molar-refractivity contribution in [2.75, 3.05) is 11.6 Å². The number of anilines is 1. The Hall–Kier alpha value is -1.54. The second-order valence-corrected chi connectivity index (χ2v) is 4.08. The summed E-state index contributed by atoms with van der Waals surface area (Å²) in [6.45, 7) is 3.09. The lowest BCUT2D eigenvalue weighted by Gasteiger charge is -2.18. The van der Waals surface area contributed by atoms with Gasteiger partial charge in [-0.05, 0) is 29.3 Å². The number of rotatable bonds is 4. The molecule has 0 atom stereocenters. The molecule has 0 spiro atoms. The molecule has 0 aliphatic heterocycles. The lowest BCUT2D eigenvalue weighted by Crippen LogP contribution is -2.31. The number of benzene rings is 2. The fourth-order valence-corrected chi connectivity index (χ4v) is 1.81. The van der Waals surface area contributed by atoms with Crippen LogP contribution in [0, 0.1) is 0 Å². The average Bonchev–Trinajstić information content (AvgIpc) is 2.35. The Morgan fingerprint density at radius 2 is 1.81 bits per heavy atom. The van der Waals surface area contributed by atoms with Gasteiger partial charge in [-0.3, -0.25) is 0 Å². The van der Waals surface area contributed by atoms with Crippen LogP contribution in [0.3, 0.4) is 0 Å². The van der Waals surface area contributed by atoms with Crippen LogP contribution in [-0.4, -0.2) is 6.54 Å². The minimum atomic E-state index is 0.912. The van der Waals surface area contributed by atoms with Gasteiger partial charge in [0.2, 0.25) is 0 Å². The van der Waals surface area contributed by atoms with Crippen LogP contribution in [0.2, 0.25) is 0 Å². The van der Waals surface area contributed by atoms with Crippen molar-refractivity contribution in [3.8, 4) is 0 Å². The quantitative estimate of drug-likeness (QED) is 0.625. The van der Waals surface area contributed by atoms with Gasteiger partial charge < -0.3 is 5.01 Å². The van der Waals surface area contributed by atoms with E-state index in [-0.39, 0.29) is 0 Å². The van der Waals surface area contributed by atoms with Crippen LogP contribution in [0.15, 0.2) is 42.5 Å².